The molecule has 0 bridgehead atoms. The number of anilines is 1. The number of piperidine rings is 1. The highest BCUT2D eigenvalue weighted by atomic mass is 35.5. The first-order valence-electron chi connectivity index (χ1n) is 18.8. The van der Waals surface area contributed by atoms with Gasteiger partial charge in [-0.3, -0.25) is 9.59 Å². The van der Waals surface area contributed by atoms with Crippen molar-refractivity contribution < 1.29 is 23.9 Å². The summed E-state index contributed by atoms with van der Waals surface area (Å²) in [6, 6.07) is 13.5. The summed E-state index contributed by atoms with van der Waals surface area (Å²) in [5, 5.41) is 4.47. The second-order valence-electron chi connectivity index (χ2n) is 15.7. The minimum absolute atomic E-state index is 0.0199. The fourth-order valence-corrected chi connectivity index (χ4v) is 8.11. The third kappa shape index (κ3) is 9.92. The molecule has 3 amide bonds. The van der Waals surface area contributed by atoms with Crippen molar-refractivity contribution in [1.82, 2.24) is 20.1 Å². The number of rotatable bonds is 11. The molecule has 1 aliphatic carbocycles. The van der Waals surface area contributed by atoms with Crippen molar-refractivity contribution in [3.63, 3.8) is 0 Å². The van der Waals surface area contributed by atoms with Crippen molar-refractivity contribution in [2.24, 2.45) is 5.92 Å². The molecule has 0 unspecified atom stereocenters. The van der Waals surface area contributed by atoms with E-state index in [9.17, 15) is 14.4 Å². The van der Waals surface area contributed by atoms with Gasteiger partial charge in [0.1, 0.15) is 17.5 Å². The van der Waals surface area contributed by atoms with Crippen LogP contribution in [-0.4, -0.2) is 76.6 Å². The zero-order valence-corrected chi connectivity index (χ0v) is 33.9. The zero-order chi connectivity index (χ0) is 38.7. The number of ether oxygens (including phenoxy) is 2. The molecule has 1 N–H and O–H groups in total. The number of carbonyl (C=O) groups excluding carboxylic acids is 3. The van der Waals surface area contributed by atoms with Gasteiger partial charge in [-0.15, -0.1) is 0 Å². The Balaban J connectivity index is 1.20. The molecule has 2 aliphatic heterocycles. The molecule has 3 heterocycles. The maximum atomic E-state index is 14.8. The Morgan fingerprint density at radius 1 is 0.944 bits per heavy atom. The minimum atomic E-state index is -0.663. The molecule has 3 aliphatic rings. The fourth-order valence-electron chi connectivity index (χ4n) is 7.25. The molecule has 1 saturated carbocycles. The normalized spacial score (nSPS) is 20.1. The van der Waals surface area contributed by atoms with Crippen LogP contribution in [0.5, 0.6) is 5.75 Å². The first-order chi connectivity index (χ1) is 25.7. The van der Waals surface area contributed by atoms with Crippen molar-refractivity contribution in [2.45, 2.75) is 103 Å². The highest BCUT2D eigenvalue weighted by molar-refractivity contribution is 6.37. The van der Waals surface area contributed by atoms with Crippen molar-refractivity contribution in [3.8, 4) is 5.75 Å². The van der Waals surface area contributed by atoms with E-state index < -0.39 is 17.6 Å². The van der Waals surface area contributed by atoms with Crippen LogP contribution in [0.1, 0.15) is 88.0 Å². The average molecular weight is 799 g/mol. The van der Waals surface area contributed by atoms with E-state index in [1.807, 2.05) is 82.1 Å². The van der Waals surface area contributed by atoms with Crippen LogP contribution in [0.4, 0.5) is 10.6 Å². The van der Waals surface area contributed by atoms with Gasteiger partial charge >= 0.3 is 6.09 Å². The van der Waals surface area contributed by atoms with E-state index in [0.717, 1.165) is 53.9 Å². The third-order valence-electron chi connectivity index (χ3n) is 10.2. The third-order valence-corrected chi connectivity index (χ3v) is 11.1. The van der Waals surface area contributed by atoms with Crippen LogP contribution >= 0.6 is 34.8 Å². The molecule has 1 aromatic heterocycles. The number of carbonyl (C=O) groups is 3. The zero-order valence-electron chi connectivity index (χ0n) is 31.7. The smallest absolute Gasteiger partial charge is 0.410 e. The summed E-state index contributed by atoms with van der Waals surface area (Å²) in [4.78, 5) is 50.7. The predicted octanol–water partition coefficient (Wildman–Crippen LogP) is 8.57. The van der Waals surface area contributed by atoms with Crippen LogP contribution in [-0.2, 0) is 27.4 Å². The van der Waals surface area contributed by atoms with E-state index in [-0.39, 0.29) is 36.4 Å². The number of amides is 3. The topological polar surface area (TPSA) is 104 Å². The summed E-state index contributed by atoms with van der Waals surface area (Å²) in [5.41, 5.74) is 3.00. The first kappa shape index (κ1) is 39.9. The number of halogens is 3. The molecule has 2 saturated heterocycles. The molecule has 6 rings (SSSR count). The van der Waals surface area contributed by atoms with Crippen LogP contribution in [0.25, 0.3) is 0 Å². The van der Waals surface area contributed by atoms with Gasteiger partial charge in [-0.05, 0) is 93.5 Å². The highest BCUT2D eigenvalue weighted by Gasteiger charge is 2.43. The summed E-state index contributed by atoms with van der Waals surface area (Å²) in [7, 11) is 0. The van der Waals surface area contributed by atoms with Crippen molar-refractivity contribution >= 4 is 58.5 Å². The standard InChI is InChI=1S/C41H50Cl3N5O5/c1-6-37(50)46-20-26-7-11-33(42)28(19-26)22-49(29-9-10-29)39(51)32-24-48(40(52)54-41(3,4)5)16-14-31(32)27-8-12-36(45-21-27)47-15-13-30(23-47)53-38-34(43)17-25(2)18-35(38)44/h7-8,11-12,17-19,21,29-32H,6,9-10,13-16,20,22-24H2,1-5H3,(H,46,50)/t30-,31+,32-/m0/s1. The van der Waals surface area contributed by atoms with Gasteiger partial charge in [0.2, 0.25) is 11.8 Å². The maximum absolute atomic E-state index is 14.8. The predicted molar refractivity (Wildman–Crippen MR) is 212 cm³/mol. The summed E-state index contributed by atoms with van der Waals surface area (Å²) in [5.74, 6) is 0.597. The van der Waals surface area contributed by atoms with E-state index in [4.69, 9.17) is 49.3 Å². The fraction of sp³-hybridized carbons (Fsp3) is 0.512. The number of aromatic nitrogens is 1. The van der Waals surface area contributed by atoms with Crippen LogP contribution in [0, 0.1) is 12.8 Å². The second kappa shape index (κ2) is 17.0. The molecule has 3 fully saturated rings. The SMILES string of the molecule is CCC(=O)NCc1ccc(Cl)c(CN(C(=O)[C@H]2CN(C(=O)OC(C)(C)C)CC[C@@H]2c2ccc(N3CC[C@H](Oc4c(Cl)cc(C)cc4Cl)C3)nc2)C2CC2)c1. The van der Waals surface area contributed by atoms with Crippen LogP contribution in [0.3, 0.4) is 0 Å². The minimum Gasteiger partial charge on any atom is -0.485 e. The number of nitrogens with one attached hydrogen (secondary N) is 1. The molecular weight excluding hydrogens is 749 g/mol. The van der Waals surface area contributed by atoms with Crippen molar-refractivity contribution in [3.05, 3.63) is 86.0 Å². The Bertz CT molecular complexity index is 1820. The number of aryl methyl sites for hydroxylation is 1. The van der Waals surface area contributed by atoms with Crippen molar-refractivity contribution in [1.29, 1.82) is 0 Å². The summed E-state index contributed by atoms with van der Waals surface area (Å²) >= 11 is 19.6. The van der Waals surface area contributed by atoms with Crippen molar-refractivity contribution in [2.75, 3.05) is 31.1 Å². The number of hydrogen-bond acceptors (Lipinski definition) is 7. The van der Waals surface area contributed by atoms with Gasteiger partial charge in [0.25, 0.3) is 0 Å². The summed E-state index contributed by atoms with van der Waals surface area (Å²) in [6.07, 6.45) is 4.94. The molecule has 13 heteroatoms. The molecule has 10 nitrogen and oxygen atoms in total. The van der Waals surface area contributed by atoms with Crippen LogP contribution < -0.4 is 15.0 Å². The van der Waals surface area contributed by atoms with E-state index in [1.165, 1.54) is 0 Å². The Morgan fingerprint density at radius 3 is 2.33 bits per heavy atom. The van der Waals surface area contributed by atoms with Gasteiger partial charge in [0.05, 0.1) is 22.5 Å². The van der Waals surface area contributed by atoms with Crippen LogP contribution in [0.15, 0.2) is 48.7 Å². The Hall–Kier alpha value is -3.73. The molecular formula is C41H50Cl3N5O5. The summed E-state index contributed by atoms with van der Waals surface area (Å²) in [6.45, 7) is 12.1. The average Bonchev–Trinajstić information content (AvgIpc) is 3.87. The van der Waals surface area contributed by atoms with E-state index >= 15 is 0 Å². The summed E-state index contributed by atoms with van der Waals surface area (Å²) < 4.78 is 12.0. The molecule has 290 valence electrons. The molecule has 54 heavy (non-hydrogen) atoms. The highest BCUT2D eigenvalue weighted by Crippen LogP contribution is 2.40. The molecule has 0 spiro atoms. The number of nitrogens with zero attached hydrogens (tertiary/aromatic N) is 4. The van der Waals surface area contributed by atoms with E-state index in [2.05, 4.69) is 16.3 Å². The van der Waals surface area contributed by atoms with Gasteiger partial charge in [-0.2, -0.15) is 0 Å². The van der Waals surface area contributed by atoms with E-state index in [0.29, 0.717) is 59.8 Å². The lowest BCUT2D eigenvalue weighted by Gasteiger charge is -2.40. The second-order valence-corrected chi connectivity index (χ2v) is 16.9. The lowest BCUT2D eigenvalue weighted by molar-refractivity contribution is -0.139. The van der Waals surface area contributed by atoms with Gasteiger partial charge in [0.15, 0.2) is 5.75 Å². The van der Waals surface area contributed by atoms with Gasteiger partial charge in [-0.1, -0.05) is 59.9 Å². The maximum Gasteiger partial charge on any atom is 0.410 e. The monoisotopic (exact) mass is 797 g/mol. The number of pyridine rings is 1. The number of hydrogen-bond donors (Lipinski definition) is 1. The molecule has 2 aromatic carbocycles. The van der Waals surface area contributed by atoms with Crippen LogP contribution in [0.2, 0.25) is 15.1 Å². The Morgan fingerprint density at radius 2 is 1.69 bits per heavy atom. The largest absolute Gasteiger partial charge is 0.485 e. The molecule has 3 atom stereocenters. The Kier molecular flexibility index (Phi) is 12.5. The van der Waals surface area contributed by atoms with E-state index in [1.54, 1.807) is 4.90 Å². The van der Waals surface area contributed by atoms with Gasteiger partial charge in [0, 0.05) is 68.7 Å². The first-order valence-corrected chi connectivity index (χ1v) is 20.0. The quantitative estimate of drug-likeness (QED) is 0.207. The lowest BCUT2D eigenvalue weighted by atomic mass is 9.80. The van der Waals surface area contributed by atoms with Gasteiger partial charge in [-0.25, -0.2) is 9.78 Å². The number of likely N-dealkylation sites (tertiary alicyclic amines) is 1. The Labute approximate surface area is 333 Å². The molecule has 0 radical (unpaired) electrons. The van der Waals surface area contributed by atoms with Gasteiger partial charge < -0.3 is 29.5 Å². The number of benzene rings is 2. The lowest BCUT2D eigenvalue weighted by Crippen LogP contribution is -2.51. The molecule has 3 aromatic rings.